The van der Waals surface area contributed by atoms with Crippen molar-refractivity contribution in [1.82, 2.24) is 10.6 Å². The zero-order valence-electron chi connectivity index (χ0n) is 10.1. The molecule has 1 aromatic carbocycles. The Hall–Kier alpha value is -1.26. The molecule has 0 spiro atoms. The maximum atomic E-state index is 11.7. The summed E-state index contributed by atoms with van der Waals surface area (Å²) in [5.74, 6) is 0.446. The summed E-state index contributed by atoms with van der Waals surface area (Å²) in [6.07, 6.45) is 1.94. The lowest BCUT2D eigenvalue weighted by molar-refractivity contribution is -0.123. The highest BCUT2D eigenvalue weighted by Gasteiger charge is 2.15. The molecule has 2 rings (SSSR count). The number of carbonyl (C=O) groups is 1. The van der Waals surface area contributed by atoms with Crippen molar-refractivity contribution < 1.29 is 9.53 Å². The van der Waals surface area contributed by atoms with E-state index < -0.39 is 0 Å². The molecule has 1 aliphatic heterocycles. The molecule has 0 unspecified atom stereocenters. The molecule has 18 heavy (non-hydrogen) atoms. The molecule has 5 heteroatoms. The first-order valence-electron chi connectivity index (χ1n) is 6.13. The van der Waals surface area contributed by atoms with Gasteiger partial charge < -0.3 is 15.4 Å². The largest absolute Gasteiger partial charge is 0.482 e. The fourth-order valence-corrected chi connectivity index (χ4v) is 2.13. The number of nitrogens with one attached hydrogen (secondary N) is 2. The van der Waals surface area contributed by atoms with E-state index in [4.69, 9.17) is 16.3 Å². The highest BCUT2D eigenvalue weighted by molar-refractivity contribution is 6.32. The summed E-state index contributed by atoms with van der Waals surface area (Å²) in [6, 6.07) is 7.39. The highest BCUT2D eigenvalue weighted by atomic mass is 35.5. The molecule has 0 saturated carbocycles. The molecule has 1 saturated heterocycles. The molecule has 4 nitrogen and oxygen atoms in total. The van der Waals surface area contributed by atoms with Gasteiger partial charge in [0.05, 0.1) is 5.02 Å². The number of rotatable bonds is 4. The predicted octanol–water partition coefficient (Wildman–Crippen LogP) is 1.59. The summed E-state index contributed by atoms with van der Waals surface area (Å²) in [6.45, 7) is 1.92. The Kier molecular flexibility index (Phi) is 4.84. The number of halogens is 1. The second-order valence-corrected chi connectivity index (χ2v) is 4.72. The van der Waals surface area contributed by atoms with Crippen LogP contribution in [-0.4, -0.2) is 31.6 Å². The van der Waals surface area contributed by atoms with E-state index in [1.165, 1.54) is 0 Å². The fourth-order valence-electron chi connectivity index (χ4n) is 1.94. The van der Waals surface area contributed by atoms with Gasteiger partial charge in [0.15, 0.2) is 6.61 Å². The summed E-state index contributed by atoms with van der Waals surface area (Å²) in [5.41, 5.74) is 0. The Balaban J connectivity index is 1.76. The van der Waals surface area contributed by atoms with Crippen LogP contribution in [0, 0.1) is 0 Å². The molecule has 0 aliphatic carbocycles. The first-order chi connectivity index (χ1) is 8.75. The van der Waals surface area contributed by atoms with Crippen molar-refractivity contribution in [3.8, 4) is 5.75 Å². The Labute approximate surface area is 112 Å². The Morgan fingerprint density at radius 3 is 2.83 bits per heavy atom. The molecule has 1 aromatic rings. The van der Waals surface area contributed by atoms with Crippen LogP contribution >= 0.6 is 11.6 Å². The number of amides is 1. The van der Waals surface area contributed by atoms with Gasteiger partial charge >= 0.3 is 0 Å². The molecule has 1 heterocycles. The van der Waals surface area contributed by atoms with Gasteiger partial charge in [-0.3, -0.25) is 4.79 Å². The minimum absolute atomic E-state index is 0.00760. The van der Waals surface area contributed by atoms with Crippen LogP contribution < -0.4 is 15.4 Å². The van der Waals surface area contributed by atoms with Gasteiger partial charge in [0.1, 0.15) is 5.75 Å². The number of piperidine rings is 1. The van der Waals surface area contributed by atoms with Gasteiger partial charge in [0.25, 0.3) is 5.91 Å². The smallest absolute Gasteiger partial charge is 0.258 e. The molecule has 0 bridgehead atoms. The normalized spacial score (nSPS) is 16.3. The molecular weight excluding hydrogens is 252 g/mol. The molecule has 1 amide bonds. The van der Waals surface area contributed by atoms with Crippen LogP contribution in [0.2, 0.25) is 5.02 Å². The van der Waals surface area contributed by atoms with Crippen LogP contribution in [0.5, 0.6) is 5.75 Å². The number of benzene rings is 1. The minimum Gasteiger partial charge on any atom is -0.482 e. The maximum Gasteiger partial charge on any atom is 0.258 e. The first-order valence-corrected chi connectivity index (χ1v) is 6.51. The zero-order valence-corrected chi connectivity index (χ0v) is 10.9. The second kappa shape index (κ2) is 6.61. The molecular formula is C13H17ClN2O2. The predicted molar refractivity (Wildman–Crippen MR) is 71.0 cm³/mol. The minimum atomic E-state index is -0.0955. The van der Waals surface area contributed by atoms with E-state index in [0.717, 1.165) is 25.9 Å². The zero-order chi connectivity index (χ0) is 12.8. The Morgan fingerprint density at radius 1 is 1.39 bits per heavy atom. The topological polar surface area (TPSA) is 50.4 Å². The van der Waals surface area contributed by atoms with Crippen LogP contribution in [0.15, 0.2) is 24.3 Å². The summed E-state index contributed by atoms with van der Waals surface area (Å²) in [5, 5.41) is 6.74. The van der Waals surface area contributed by atoms with E-state index in [9.17, 15) is 4.79 Å². The molecule has 0 aromatic heterocycles. The lowest BCUT2D eigenvalue weighted by Gasteiger charge is -2.23. The Bertz CT molecular complexity index is 406. The van der Waals surface area contributed by atoms with Crippen molar-refractivity contribution >= 4 is 17.5 Å². The van der Waals surface area contributed by atoms with Gasteiger partial charge in [-0.2, -0.15) is 0 Å². The molecule has 98 valence electrons. The van der Waals surface area contributed by atoms with Crippen molar-refractivity contribution in [3.63, 3.8) is 0 Å². The third kappa shape index (κ3) is 3.89. The van der Waals surface area contributed by atoms with Crippen LogP contribution in [0.4, 0.5) is 0 Å². The number of carbonyl (C=O) groups excluding carboxylic acids is 1. The van der Waals surface area contributed by atoms with Crippen molar-refractivity contribution in [2.24, 2.45) is 0 Å². The Morgan fingerprint density at radius 2 is 2.11 bits per heavy atom. The molecule has 1 aliphatic rings. The third-order valence-electron chi connectivity index (χ3n) is 2.90. The number of hydrogen-bond donors (Lipinski definition) is 2. The SMILES string of the molecule is O=C(COc1ccccc1Cl)NC1CCNCC1. The van der Waals surface area contributed by atoms with Crippen molar-refractivity contribution in [2.75, 3.05) is 19.7 Å². The third-order valence-corrected chi connectivity index (χ3v) is 3.21. The summed E-state index contributed by atoms with van der Waals surface area (Å²) in [4.78, 5) is 11.7. The van der Waals surface area contributed by atoms with E-state index in [-0.39, 0.29) is 18.6 Å². The van der Waals surface area contributed by atoms with E-state index in [1.54, 1.807) is 12.1 Å². The van der Waals surface area contributed by atoms with Gasteiger partial charge in [-0.1, -0.05) is 23.7 Å². The lowest BCUT2D eigenvalue weighted by atomic mass is 10.1. The summed E-state index contributed by atoms with van der Waals surface area (Å²) >= 11 is 5.93. The van der Waals surface area contributed by atoms with Gasteiger partial charge in [0.2, 0.25) is 0 Å². The van der Waals surface area contributed by atoms with E-state index in [1.807, 2.05) is 12.1 Å². The molecule has 0 radical (unpaired) electrons. The quantitative estimate of drug-likeness (QED) is 0.872. The van der Waals surface area contributed by atoms with Gasteiger partial charge in [-0.05, 0) is 38.1 Å². The average molecular weight is 269 g/mol. The van der Waals surface area contributed by atoms with Crippen LogP contribution in [0.3, 0.4) is 0 Å². The number of hydrogen-bond acceptors (Lipinski definition) is 3. The van der Waals surface area contributed by atoms with Gasteiger partial charge in [0, 0.05) is 6.04 Å². The van der Waals surface area contributed by atoms with Crippen molar-refractivity contribution in [1.29, 1.82) is 0 Å². The van der Waals surface area contributed by atoms with Gasteiger partial charge in [-0.15, -0.1) is 0 Å². The molecule has 2 N–H and O–H groups in total. The monoisotopic (exact) mass is 268 g/mol. The maximum absolute atomic E-state index is 11.7. The molecule has 0 atom stereocenters. The number of para-hydroxylation sites is 1. The standard InChI is InChI=1S/C13H17ClN2O2/c14-11-3-1-2-4-12(11)18-9-13(17)16-10-5-7-15-8-6-10/h1-4,10,15H,5-9H2,(H,16,17). The van der Waals surface area contributed by atoms with E-state index in [2.05, 4.69) is 10.6 Å². The van der Waals surface area contributed by atoms with Crippen molar-refractivity contribution in [3.05, 3.63) is 29.3 Å². The van der Waals surface area contributed by atoms with E-state index >= 15 is 0 Å². The summed E-state index contributed by atoms with van der Waals surface area (Å²) in [7, 11) is 0. The van der Waals surface area contributed by atoms with Crippen LogP contribution in [0.1, 0.15) is 12.8 Å². The highest BCUT2D eigenvalue weighted by Crippen LogP contribution is 2.22. The lowest BCUT2D eigenvalue weighted by Crippen LogP contribution is -2.44. The van der Waals surface area contributed by atoms with E-state index in [0.29, 0.717) is 10.8 Å². The van der Waals surface area contributed by atoms with Crippen LogP contribution in [-0.2, 0) is 4.79 Å². The van der Waals surface area contributed by atoms with Crippen molar-refractivity contribution in [2.45, 2.75) is 18.9 Å². The molecule has 1 fully saturated rings. The van der Waals surface area contributed by atoms with Gasteiger partial charge in [-0.25, -0.2) is 0 Å². The fraction of sp³-hybridized carbons (Fsp3) is 0.462. The summed E-state index contributed by atoms with van der Waals surface area (Å²) < 4.78 is 5.38. The average Bonchev–Trinajstić information content (AvgIpc) is 2.39. The number of ether oxygens (including phenoxy) is 1. The first kappa shape index (κ1) is 13.2. The van der Waals surface area contributed by atoms with Crippen LogP contribution in [0.25, 0.3) is 0 Å². The second-order valence-electron chi connectivity index (χ2n) is 4.31.